The fourth-order valence-corrected chi connectivity index (χ4v) is 2.34. The first-order valence-electron chi connectivity index (χ1n) is 8.40. The molecule has 27 heavy (non-hydrogen) atoms. The zero-order chi connectivity index (χ0) is 19.8. The SMILES string of the molecule is CC(C)[C@H](OC(=O)/C=C/c1cnn(Cc2ccccc2)c1)C(=O)NC(N)=O. The van der Waals surface area contributed by atoms with E-state index in [1.165, 1.54) is 6.08 Å². The lowest BCUT2D eigenvalue weighted by atomic mass is 10.1. The molecular weight excluding hydrogens is 348 g/mol. The normalized spacial score (nSPS) is 12.1. The summed E-state index contributed by atoms with van der Waals surface area (Å²) in [7, 11) is 0. The van der Waals surface area contributed by atoms with Gasteiger partial charge in [0.1, 0.15) is 0 Å². The number of ether oxygens (including phenoxy) is 1. The van der Waals surface area contributed by atoms with Crippen LogP contribution in [0.5, 0.6) is 0 Å². The second-order valence-corrected chi connectivity index (χ2v) is 6.25. The largest absolute Gasteiger partial charge is 0.449 e. The Morgan fingerprint density at radius 2 is 1.96 bits per heavy atom. The van der Waals surface area contributed by atoms with Gasteiger partial charge in [-0.15, -0.1) is 0 Å². The maximum Gasteiger partial charge on any atom is 0.331 e. The summed E-state index contributed by atoms with van der Waals surface area (Å²) < 4.78 is 6.87. The molecule has 0 aliphatic heterocycles. The predicted molar refractivity (Wildman–Crippen MR) is 99.2 cm³/mol. The maximum absolute atomic E-state index is 12.0. The summed E-state index contributed by atoms with van der Waals surface area (Å²) in [4.78, 5) is 34.6. The van der Waals surface area contributed by atoms with Gasteiger partial charge in [-0.25, -0.2) is 9.59 Å². The highest BCUT2D eigenvalue weighted by molar-refractivity contribution is 5.97. The number of carbonyl (C=O) groups is 3. The lowest BCUT2D eigenvalue weighted by molar-refractivity contribution is -0.153. The van der Waals surface area contributed by atoms with E-state index in [9.17, 15) is 14.4 Å². The Hall–Kier alpha value is -3.42. The fourth-order valence-electron chi connectivity index (χ4n) is 2.34. The smallest absolute Gasteiger partial charge is 0.331 e. The van der Waals surface area contributed by atoms with Gasteiger partial charge in [0.15, 0.2) is 6.10 Å². The van der Waals surface area contributed by atoms with E-state index in [0.717, 1.165) is 5.56 Å². The minimum atomic E-state index is -1.12. The number of amides is 3. The highest BCUT2D eigenvalue weighted by Crippen LogP contribution is 2.09. The Labute approximate surface area is 157 Å². The number of primary amides is 1. The average Bonchev–Trinajstić information content (AvgIpc) is 3.05. The molecule has 0 aliphatic rings. The van der Waals surface area contributed by atoms with Crippen molar-refractivity contribution in [1.29, 1.82) is 0 Å². The van der Waals surface area contributed by atoms with Crippen LogP contribution in [0.4, 0.5) is 4.79 Å². The zero-order valence-electron chi connectivity index (χ0n) is 15.2. The summed E-state index contributed by atoms with van der Waals surface area (Å²) in [5.41, 5.74) is 6.74. The Morgan fingerprint density at radius 1 is 1.26 bits per heavy atom. The van der Waals surface area contributed by atoms with Gasteiger partial charge in [0.05, 0.1) is 12.7 Å². The minimum absolute atomic E-state index is 0.324. The molecule has 0 bridgehead atoms. The summed E-state index contributed by atoms with van der Waals surface area (Å²) in [6.07, 6.45) is 5.04. The molecule has 0 saturated heterocycles. The molecule has 0 fully saturated rings. The Bertz CT molecular complexity index is 827. The van der Waals surface area contributed by atoms with Crippen molar-refractivity contribution in [3.05, 3.63) is 59.9 Å². The molecule has 1 aromatic heterocycles. The third kappa shape index (κ3) is 6.43. The van der Waals surface area contributed by atoms with Crippen molar-refractivity contribution in [2.24, 2.45) is 11.7 Å². The van der Waals surface area contributed by atoms with Crippen LogP contribution in [0.1, 0.15) is 25.0 Å². The van der Waals surface area contributed by atoms with E-state index >= 15 is 0 Å². The molecule has 0 unspecified atom stereocenters. The van der Waals surface area contributed by atoms with Gasteiger partial charge in [0.2, 0.25) is 0 Å². The monoisotopic (exact) mass is 370 g/mol. The summed E-state index contributed by atoms with van der Waals surface area (Å²) in [6, 6.07) is 8.85. The second-order valence-electron chi connectivity index (χ2n) is 6.25. The highest BCUT2D eigenvalue weighted by Gasteiger charge is 2.26. The van der Waals surface area contributed by atoms with E-state index < -0.39 is 24.0 Å². The lowest BCUT2D eigenvalue weighted by Crippen LogP contribution is -2.45. The topological polar surface area (TPSA) is 116 Å². The van der Waals surface area contributed by atoms with Gasteiger partial charge < -0.3 is 10.5 Å². The van der Waals surface area contributed by atoms with Crippen molar-refractivity contribution in [2.75, 3.05) is 0 Å². The Kier molecular flexibility index (Phi) is 6.87. The van der Waals surface area contributed by atoms with E-state index in [0.29, 0.717) is 12.1 Å². The van der Waals surface area contributed by atoms with Crippen molar-refractivity contribution < 1.29 is 19.1 Å². The van der Waals surface area contributed by atoms with Crippen molar-refractivity contribution >= 4 is 24.0 Å². The Morgan fingerprint density at radius 3 is 2.59 bits per heavy atom. The number of benzene rings is 1. The Balaban J connectivity index is 1.95. The van der Waals surface area contributed by atoms with Crippen LogP contribution >= 0.6 is 0 Å². The van der Waals surface area contributed by atoms with Crippen LogP contribution in [-0.2, 0) is 20.9 Å². The molecule has 8 nitrogen and oxygen atoms in total. The third-order valence-electron chi connectivity index (χ3n) is 3.61. The van der Waals surface area contributed by atoms with Crippen LogP contribution in [0.25, 0.3) is 6.08 Å². The average molecular weight is 370 g/mol. The van der Waals surface area contributed by atoms with E-state index in [1.807, 2.05) is 35.6 Å². The standard InChI is InChI=1S/C19H22N4O4/c1-13(2)17(18(25)22-19(20)26)27-16(24)9-8-15-10-21-23(12-15)11-14-6-4-3-5-7-14/h3-10,12-13,17H,11H2,1-2H3,(H3,20,22,25,26)/b9-8+/t17-/m0/s1. The number of carbonyl (C=O) groups excluding carboxylic acids is 3. The van der Waals surface area contributed by atoms with Gasteiger partial charge >= 0.3 is 12.0 Å². The number of nitrogens with two attached hydrogens (primary N) is 1. The lowest BCUT2D eigenvalue weighted by Gasteiger charge is -2.18. The van der Waals surface area contributed by atoms with Crippen molar-refractivity contribution in [2.45, 2.75) is 26.5 Å². The van der Waals surface area contributed by atoms with E-state index in [1.54, 1.807) is 37.0 Å². The third-order valence-corrected chi connectivity index (χ3v) is 3.61. The number of urea groups is 1. The van der Waals surface area contributed by atoms with Crippen LogP contribution in [-0.4, -0.2) is 33.8 Å². The molecule has 2 rings (SSSR count). The van der Waals surface area contributed by atoms with Gasteiger partial charge in [0, 0.05) is 17.8 Å². The first kappa shape index (κ1) is 19.9. The minimum Gasteiger partial charge on any atom is -0.449 e. The quantitative estimate of drug-likeness (QED) is 0.568. The summed E-state index contributed by atoms with van der Waals surface area (Å²) in [5, 5.41) is 6.15. The van der Waals surface area contributed by atoms with Crippen LogP contribution in [0.3, 0.4) is 0 Å². The number of hydrogen-bond acceptors (Lipinski definition) is 5. The van der Waals surface area contributed by atoms with Gasteiger partial charge in [-0.05, 0) is 17.6 Å². The first-order valence-corrected chi connectivity index (χ1v) is 8.40. The number of nitrogens with zero attached hydrogens (tertiary/aromatic N) is 2. The molecule has 1 aromatic carbocycles. The molecule has 3 N–H and O–H groups in total. The molecule has 0 saturated carbocycles. The van der Waals surface area contributed by atoms with Crippen LogP contribution in [0.2, 0.25) is 0 Å². The number of rotatable bonds is 7. The van der Waals surface area contributed by atoms with Gasteiger partial charge in [-0.1, -0.05) is 44.2 Å². The van der Waals surface area contributed by atoms with Crippen molar-refractivity contribution in [1.82, 2.24) is 15.1 Å². The van der Waals surface area contributed by atoms with E-state index in [-0.39, 0.29) is 5.92 Å². The molecule has 0 aliphatic carbocycles. The number of hydrogen-bond donors (Lipinski definition) is 2. The van der Waals surface area contributed by atoms with Crippen molar-refractivity contribution in [3.8, 4) is 0 Å². The van der Waals surface area contributed by atoms with Crippen LogP contribution in [0.15, 0.2) is 48.8 Å². The van der Waals surface area contributed by atoms with Gasteiger partial charge in [0.25, 0.3) is 5.91 Å². The van der Waals surface area contributed by atoms with E-state index in [2.05, 4.69) is 5.10 Å². The molecule has 8 heteroatoms. The highest BCUT2D eigenvalue weighted by atomic mass is 16.5. The van der Waals surface area contributed by atoms with Crippen molar-refractivity contribution in [3.63, 3.8) is 0 Å². The number of esters is 1. The summed E-state index contributed by atoms with van der Waals surface area (Å²) in [5.74, 6) is -1.78. The zero-order valence-corrected chi connectivity index (χ0v) is 15.2. The summed E-state index contributed by atoms with van der Waals surface area (Å²) >= 11 is 0. The number of aromatic nitrogens is 2. The molecule has 1 atom stereocenters. The maximum atomic E-state index is 12.0. The van der Waals surface area contributed by atoms with Gasteiger partial charge in [-0.2, -0.15) is 5.10 Å². The molecular formula is C19H22N4O4. The number of imide groups is 1. The first-order chi connectivity index (χ1) is 12.8. The van der Waals surface area contributed by atoms with Crippen LogP contribution < -0.4 is 11.1 Å². The van der Waals surface area contributed by atoms with E-state index in [4.69, 9.17) is 10.5 Å². The second kappa shape index (κ2) is 9.33. The molecule has 142 valence electrons. The molecule has 3 amide bonds. The summed E-state index contributed by atoms with van der Waals surface area (Å²) in [6.45, 7) is 3.99. The predicted octanol–water partition coefficient (Wildman–Crippen LogP) is 1.71. The van der Waals surface area contributed by atoms with Crippen LogP contribution in [0, 0.1) is 5.92 Å². The number of nitrogens with one attached hydrogen (secondary N) is 1. The van der Waals surface area contributed by atoms with Gasteiger partial charge in [-0.3, -0.25) is 14.8 Å². The molecule has 0 radical (unpaired) electrons. The molecule has 1 heterocycles. The fraction of sp³-hybridized carbons (Fsp3) is 0.263. The molecule has 2 aromatic rings. The molecule has 0 spiro atoms.